The van der Waals surface area contributed by atoms with Gasteiger partial charge in [0.15, 0.2) is 11.5 Å². The van der Waals surface area contributed by atoms with Crippen molar-refractivity contribution in [3.8, 4) is 11.5 Å². The highest BCUT2D eigenvalue weighted by Crippen LogP contribution is 2.28. The van der Waals surface area contributed by atoms with E-state index in [1.807, 2.05) is 60.7 Å². The minimum Gasteiger partial charge on any atom is -0.493 e. The SMILES string of the molecule is COc1ccc(C=Cc2cc3ccccc3o2)cc1OC. The van der Waals surface area contributed by atoms with Crippen LogP contribution in [0.15, 0.2) is 52.9 Å². The van der Waals surface area contributed by atoms with Crippen molar-refractivity contribution in [1.82, 2.24) is 0 Å². The lowest BCUT2D eigenvalue weighted by molar-refractivity contribution is 0.355. The number of benzene rings is 2. The van der Waals surface area contributed by atoms with Crippen molar-refractivity contribution in [2.45, 2.75) is 0 Å². The first-order valence-electron chi connectivity index (χ1n) is 6.69. The third-order valence-corrected chi connectivity index (χ3v) is 3.29. The lowest BCUT2D eigenvalue weighted by atomic mass is 10.1. The number of fused-ring (bicyclic) bond motifs is 1. The molecule has 0 amide bonds. The van der Waals surface area contributed by atoms with Crippen LogP contribution in [0.5, 0.6) is 11.5 Å². The number of rotatable bonds is 4. The van der Waals surface area contributed by atoms with Crippen molar-refractivity contribution in [3.63, 3.8) is 0 Å². The van der Waals surface area contributed by atoms with Crippen molar-refractivity contribution >= 4 is 23.1 Å². The molecule has 0 atom stereocenters. The van der Waals surface area contributed by atoms with Crippen molar-refractivity contribution in [1.29, 1.82) is 0 Å². The van der Waals surface area contributed by atoms with Crippen molar-refractivity contribution < 1.29 is 13.9 Å². The van der Waals surface area contributed by atoms with Crippen LogP contribution in [0, 0.1) is 0 Å². The maximum absolute atomic E-state index is 5.75. The summed E-state index contributed by atoms with van der Waals surface area (Å²) in [5, 5.41) is 1.10. The van der Waals surface area contributed by atoms with E-state index >= 15 is 0 Å². The molecule has 3 nitrogen and oxygen atoms in total. The van der Waals surface area contributed by atoms with E-state index in [2.05, 4.69) is 0 Å². The predicted molar refractivity (Wildman–Crippen MR) is 84.7 cm³/mol. The summed E-state index contributed by atoms with van der Waals surface area (Å²) in [4.78, 5) is 0. The Labute approximate surface area is 123 Å². The van der Waals surface area contributed by atoms with Crippen molar-refractivity contribution in [2.24, 2.45) is 0 Å². The summed E-state index contributed by atoms with van der Waals surface area (Å²) in [5.74, 6) is 2.26. The molecule has 0 aliphatic rings. The lowest BCUT2D eigenvalue weighted by Gasteiger charge is -2.07. The molecule has 0 saturated heterocycles. The van der Waals surface area contributed by atoms with Crippen LogP contribution in [-0.4, -0.2) is 14.2 Å². The smallest absolute Gasteiger partial charge is 0.161 e. The molecule has 0 saturated carbocycles. The fourth-order valence-corrected chi connectivity index (χ4v) is 2.22. The highest BCUT2D eigenvalue weighted by Gasteiger charge is 2.03. The van der Waals surface area contributed by atoms with E-state index < -0.39 is 0 Å². The zero-order valence-corrected chi connectivity index (χ0v) is 12.0. The summed E-state index contributed by atoms with van der Waals surface area (Å²) in [6, 6.07) is 15.8. The molecule has 106 valence electrons. The van der Waals surface area contributed by atoms with Crippen LogP contribution in [0.1, 0.15) is 11.3 Å². The average molecular weight is 280 g/mol. The number of furan rings is 1. The molecule has 0 bridgehead atoms. The Hall–Kier alpha value is -2.68. The third-order valence-electron chi connectivity index (χ3n) is 3.29. The standard InChI is InChI=1S/C18H16O3/c1-19-17-10-8-13(11-18(17)20-2)7-9-15-12-14-5-3-4-6-16(14)21-15/h3-12H,1-2H3. The number of para-hydroxylation sites is 1. The lowest BCUT2D eigenvalue weighted by Crippen LogP contribution is -1.90. The monoisotopic (exact) mass is 280 g/mol. The molecule has 0 fully saturated rings. The first kappa shape index (κ1) is 13.3. The van der Waals surface area contributed by atoms with Crippen molar-refractivity contribution in [3.05, 3.63) is 59.9 Å². The molecule has 3 aromatic rings. The van der Waals surface area contributed by atoms with Crippen LogP contribution in [0.3, 0.4) is 0 Å². The molecule has 0 aliphatic heterocycles. The van der Waals surface area contributed by atoms with Crippen LogP contribution in [0.25, 0.3) is 23.1 Å². The minimum absolute atomic E-state index is 0.712. The van der Waals surface area contributed by atoms with Gasteiger partial charge in [-0.05, 0) is 35.9 Å². The average Bonchev–Trinajstić information content (AvgIpc) is 2.95. The van der Waals surface area contributed by atoms with Crippen LogP contribution >= 0.6 is 0 Å². The van der Waals surface area contributed by atoms with E-state index in [-0.39, 0.29) is 0 Å². The number of hydrogen-bond donors (Lipinski definition) is 0. The van der Waals surface area contributed by atoms with Crippen molar-refractivity contribution in [2.75, 3.05) is 14.2 Å². The van der Waals surface area contributed by atoms with Gasteiger partial charge in [-0.15, -0.1) is 0 Å². The molecular formula is C18H16O3. The van der Waals surface area contributed by atoms with Crippen LogP contribution in [0.2, 0.25) is 0 Å². The fraction of sp³-hybridized carbons (Fsp3) is 0.111. The maximum Gasteiger partial charge on any atom is 0.161 e. The molecular weight excluding hydrogens is 264 g/mol. The fourth-order valence-electron chi connectivity index (χ4n) is 2.22. The Kier molecular flexibility index (Phi) is 3.65. The second kappa shape index (κ2) is 5.75. The van der Waals surface area contributed by atoms with Gasteiger partial charge in [0.2, 0.25) is 0 Å². The highest BCUT2D eigenvalue weighted by molar-refractivity contribution is 5.81. The summed E-state index contributed by atoms with van der Waals surface area (Å²) in [6.07, 6.45) is 3.93. The van der Waals surface area contributed by atoms with Gasteiger partial charge in [0, 0.05) is 5.39 Å². The second-order valence-electron chi connectivity index (χ2n) is 4.63. The zero-order valence-electron chi connectivity index (χ0n) is 12.0. The summed E-state index contributed by atoms with van der Waals surface area (Å²) >= 11 is 0. The van der Waals surface area contributed by atoms with Gasteiger partial charge >= 0.3 is 0 Å². The number of hydrogen-bond acceptors (Lipinski definition) is 3. The Morgan fingerprint density at radius 2 is 1.67 bits per heavy atom. The molecule has 2 aromatic carbocycles. The quantitative estimate of drug-likeness (QED) is 0.698. The summed E-state index contributed by atoms with van der Waals surface area (Å²) < 4.78 is 16.3. The molecule has 0 aliphatic carbocycles. The van der Waals surface area contributed by atoms with E-state index in [1.54, 1.807) is 14.2 Å². The minimum atomic E-state index is 0.712. The van der Waals surface area contributed by atoms with E-state index in [0.29, 0.717) is 5.75 Å². The number of methoxy groups -OCH3 is 2. The normalized spacial score (nSPS) is 11.1. The Balaban J connectivity index is 1.88. The largest absolute Gasteiger partial charge is 0.493 e. The van der Waals surface area contributed by atoms with E-state index in [0.717, 1.165) is 28.0 Å². The van der Waals surface area contributed by atoms with Gasteiger partial charge < -0.3 is 13.9 Å². The Bertz CT molecular complexity index is 751. The van der Waals surface area contributed by atoms with E-state index in [4.69, 9.17) is 13.9 Å². The summed E-state index contributed by atoms with van der Waals surface area (Å²) in [5.41, 5.74) is 1.91. The van der Waals surface area contributed by atoms with Gasteiger partial charge in [0.1, 0.15) is 11.3 Å². The zero-order chi connectivity index (χ0) is 14.7. The summed E-state index contributed by atoms with van der Waals surface area (Å²) in [7, 11) is 3.26. The van der Waals surface area contributed by atoms with Crippen LogP contribution < -0.4 is 9.47 Å². The molecule has 0 N–H and O–H groups in total. The molecule has 1 aromatic heterocycles. The van der Waals surface area contributed by atoms with Gasteiger partial charge in [-0.2, -0.15) is 0 Å². The van der Waals surface area contributed by atoms with Crippen LogP contribution in [0.4, 0.5) is 0 Å². The van der Waals surface area contributed by atoms with Gasteiger partial charge in [-0.25, -0.2) is 0 Å². The molecule has 3 heteroatoms. The van der Waals surface area contributed by atoms with Gasteiger partial charge in [0.25, 0.3) is 0 Å². The second-order valence-corrected chi connectivity index (χ2v) is 4.63. The third kappa shape index (κ3) is 2.77. The molecule has 3 rings (SSSR count). The Morgan fingerprint density at radius 3 is 2.43 bits per heavy atom. The maximum atomic E-state index is 5.75. The van der Waals surface area contributed by atoms with Gasteiger partial charge in [0.05, 0.1) is 14.2 Å². The van der Waals surface area contributed by atoms with Gasteiger partial charge in [-0.1, -0.05) is 30.3 Å². The molecule has 1 heterocycles. The molecule has 0 unspecified atom stereocenters. The first-order chi connectivity index (χ1) is 10.3. The molecule has 21 heavy (non-hydrogen) atoms. The van der Waals surface area contributed by atoms with Gasteiger partial charge in [-0.3, -0.25) is 0 Å². The topological polar surface area (TPSA) is 31.6 Å². The van der Waals surface area contributed by atoms with Crippen LogP contribution in [-0.2, 0) is 0 Å². The van der Waals surface area contributed by atoms with E-state index in [9.17, 15) is 0 Å². The molecule has 0 spiro atoms. The summed E-state index contributed by atoms with van der Waals surface area (Å²) in [6.45, 7) is 0. The number of ether oxygens (including phenoxy) is 2. The highest BCUT2D eigenvalue weighted by atomic mass is 16.5. The Morgan fingerprint density at radius 1 is 0.857 bits per heavy atom. The molecule has 0 radical (unpaired) electrons. The van der Waals surface area contributed by atoms with E-state index in [1.165, 1.54) is 0 Å². The predicted octanol–water partition coefficient (Wildman–Crippen LogP) is 4.62. The first-order valence-corrected chi connectivity index (χ1v) is 6.69.